The van der Waals surface area contributed by atoms with Gasteiger partial charge in [-0.25, -0.2) is 8.42 Å². The Labute approximate surface area is 182 Å². The molecular weight excluding hydrogens is 414 g/mol. The van der Waals surface area contributed by atoms with E-state index < -0.39 is 10.0 Å². The Morgan fingerprint density at radius 2 is 1.61 bits per heavy atom. The second-order valence-electron chi connectivity index (χ2n) is 6.84. The molecular formula is C23H25N3O4S. The van der Waals surface area contributed by atoms with Crippen molar-refractivity contribution in [2.75, 3.05) is 13.7 Å². The molecule has 0 unspecified atom stereocenters. The molecule has 0 spiro atoms. The number of methoxy groups -OCH3 is 1. The number of carbonyl (C=O) groups is 1. The second kappa shape index (κ2) is 10.2. The maximum absolute atomic E-state index is 13.0. The number of nitrogens with one attached hydrogen (secondary N) is 1. The number of nitrogens with zero attached hydrogens (tertiary/aromatic N) is 2. The molecule has 0 radical (unpaired) electrons. The van der Waals surface area contributed by atoms with Gasteiger partial charge in [-0.3, -0.25) is 9.78 Å². The van der Waals surface area contributed by atoms with Crippen LogP contribution in [0.3, 0.4) is 0 Å². The van der Waals surface area contributed by atoms with Crippen molar-refractivity contribution in [2.45, 2.75) is 24.9 Å². The van der Waals surface area contributed by atoms with E-state index in [1.165, 1.54) is 23.5 Å². The van der Waals surface area contributed by atoms with Gasteiger partial charge in [-0.15, -0.1) is 0 Å². The Kier molecular flexibility index (Phi) is 7.38. The molecule has 3 aromatic rings. The molecule has 8 heteroatoms. The Balaban J connectivity index is 1.66. The van der Waals surface area contributed by atoms with Crippen molar-refractivity contribution < 1.29 is 17.9 Å². The number of pyridine rings is 1. The normalized spacial score (nSPS) is 11.3. The highest BCUT2D eigenvalue weighted by Crippen LogP contribution is 2.21. The van der Waals surface area contributed by atoms with E-state index in [1.54, 1.807) is 55.7 Å². The van der Waals surface area contributed by atoms with E-state index in [-0.39, 0.29) is 17.3 Å². The van der Waals surface area contributed by atoms with Gasteiger partial charge in [0.05, 0.1) is 12.0 Å². The molecule has 0 aliphatic heterocycles. The zero-order chi connectivity index (χ0) is 22.3. The van der Waals surface area contributed by atoms with Crippen LogP contribution in [0, 0.1) is 0 Å². The first-order valence-corrected chi connectivity index (χ1v) is 11.3. The van der Waals surface area contributed by atoms with Crippen molar-refractivity contribution in [3.63, 3.8) is 0 Å². The van der Waals surface area contributed by atoms with E-state index in [1.807, 2.05) is 12.1 Å². The first-order valence-electron chi connectivity index (χ1n) is 9.84. The molecule has 0 fully saturated rings. The number of benzene rings is 2. The smallest absolute Gasteiger partial charge is 0.251 e. The third-order valence-electron chi connectivity index (χ3n) is 4.83. The van der Waals surface area contributed by atoms with E-state index in [4.69, 9.17) is 4.74 Å². The van der Waals surface area contributed by atoms with E-state index in [0.29, 0.717) is 24.4 Å². The molecule has 1 aromatic heterocycles. The van der Waals surface area contributed by atoms with Crippen molar-refractivity contribution >= 4 is 15.9 Å². The highest BCUT2D eigenvalue weighted by atomic mass is 32.2. The number of hydrogen-bond acceptors (Lipinski definition) is 5. The van der Waals surface area contributed by atoms with Gasteiger partial charge in [0.25, 0.3) is 5.91 Å². The topological polar surface area (TPSA) is 88.6 Å². The van der Waals surface area contributed by atoms with Gasteiger partial charge in [-0.2, -0.15) is 4.31 Å². The molecule has 31 heavy (non-hydrogen) atoms. The molecule has 0 saturated heterocycles. The SMILES string of the molecule is CCN(Cc1ccc(C(=O)NCc2ccncc2)cc1)S(=O)(=O)c1ccc(OC)cc1. The lowest BCUT2D eigenvalue weighted by molar-refractivity contribution is 0.0951. The number of carbonyl (C=O) groups excluding carboxylic acids is 1. The first-order chi connectivity index (χ1) is 14.9. The highest BCUT2D eigenvalue weighted by molar-refractivity contribution is 7.89. The monoisotopic (exact) mass is 439 g/mol. The average molecular weight is 440 g/mol. The number of aromatic nitrogens is 1. The number of rotatable bonds is 9. The van der Waals surface area contributed by atoms with Crippen LogP contribution in [0.2, 0.25) is 0 Å². The Hall–Kier alpha value is -3.23. The van der Waals surface area contributed by atoms with E-state index in [0.717, 1.165) is 11.1 Å². The van der Waals surface area contributed by atoms with Crippen LogP contribution in [0.25, 0.3) is 0 Å². The van der Waals surface area contributed by atoms with Crippen molar-refractivity contribution in [1.82, 2.24) is 14.6 Å². The lowest BCUT2D eigenvalue weighted by Gasteiger charge is -2.21. The van der Waals surface area contributed by atoms with Crippen LogP contribution in [-0.2, 0) is 23.1 Å². The number of hydrogen-bond donors (Lipinski definition) is 1. The molecule has 3 rings (SSSR count). The van der Waals surface area contributed by atoms with Crippen LogP contribution in [0.4, 0.5) is 0 Å². The molecule has 0 aliphatic carbocycles. The summed E-state index contributed by atoms with van der Waals surface area (Å²) < 4.78 is 32.4. The standard InChI is InChI=1S/C23H25N3O4S/c1-3-26(31(28,29)22-10-8-21(30-2)9-11-22)17-19-4-6-20(7-5-19)23(27)25-16-18-12-14-24-15-13-18/h4-15H,3,16-17H2,1-2H3,(H,25,27). The predicted molar refractivity (Wildman–Crippen MR) is 118 cm³/mol. The molecule has 0 atom stereocenters. The summed E-state index contributed by atoms with van der Waals surface area (Å²) in [5.41, 5.74) is 2.27. The second-order valence-corrected chi connectivity index (χ2v) is 8.78. The summed E-state index contributed by atoms with van der Waals surface area (Å²) in [6.45, 7) is 2.74. The summed E-state index contributed by atoms with van der Waals surface area (Å²) in [4.78, 5) is 16.5. The van der Waals surface area contributed by atoms with Crippen LogP contribution < -0.4 is 10.1 Å². The van der Waals surface area contributed by atoms with E-state index in [9.17, 15) is 13.2 Å². The van der Waals surface area contributed by atoms with Gasteiger partial charge in [-0.1, -0.05) is 19.1 Å². The van der Waals surface area contributed by atoms with Gasteiger partial charge in [0.1, 0.15) is 5.75 Å². The fourth-order valence-corrected chi connectivity index (χ4v) is 4.45. The quantitative estimate of drug-likeness (QED) is 0.553. The third-order valence-corrected chi connectivity index (χ3v) is 6.76. The molecule has 1 amide bonds. The average Bonchev–Trinajstić information content (AvgIpc) is 2.82. The Morgan fingerprint density at radius 3 is 2.19 bits per heavy atom. The molecule has 0 saturated carbocycles. The van der Waals surface area contributed by atoms with Crippen LogP contribution in [0.1, 0.15) is 28.4 Å². The molecule has 2 aromatic carbocycles. The fraction of sp³-hybridized carbons (Fsp3) is 0.217. The van der Waals surface area contributed by atoms with Crippen LogP contribution in [-0.4, -0.2) is 37.3 Å². The lowest BCUT2D eigenvalue weighted by atomic mass is 10.1. The van der Waals surface area contributed by atoms with Crippen LogP contribution in [0.15, 0.2) is 78.0 Å². The van der Waals surface area contributed by atoms with Crippen molar-refractivity contribution in [1.29, 1.82) is 0 Å². The zero-order valence-electron chi connectivity index (χ0n) is 17.5. The molecule has 1 N–H and O–H groups in total. The minimum absolute atomic E-state index is 0.193. The third kappa shape index (κ3) is 5.68. The van der Waals surface area contributed by atoms with Gasteiger partial charge in [0, 0.05) is 37.6 Å². The van der Waals surface area contributed by atoms with Gasteiger partial charge >= 0.3 is 0 Å². The van der Waals surface area contributed by atoms with Crippen molar-refractivity contribution in [3.05, 3.63) is 89.7 Å². The maximum atomic E-state index is 13.0. The molecule has 0 bridgehead atoms. The fourth-order valence-electron chi connectivity index (χ4n) is 3.01. The van der Waals surface area contributed by atoms with Crippen LogP contribution in [0.5, 0.6) is 5.75 Å². The van der Waals surface area contributed by atoms with Crippen molar-refractivity contribution in [2.24, 2.45) is 0 Å². The Bertz CT molecular complexity index is 1100. The highest BCUT2D eigenvalue weighted by Gasteiger charge is 2.23. The summed E-state index contributed by atoms with van der Waals surface area (Å²) in [5.74, 6) is 0.404. The van der Waals surface area contributed by atoms with Gasteiger partial charge < -0.3 is 10.1 Å². The van der Waals surface area contributed by atoms with E-state index >= 15 is 0 Å². The van der Waals surface area contributed by atoms with Gasteiger partial charge in [0.15, 0.2) is 0 Å². The predicted octanol–water partition coefficient (Wildman–Crippen LogP) is 3.23. The van der Waals surface area contributed by atoms with Gasteiger partial charge in [0.2, 0.25) is 10.0 Å². The molecule has 162 valence electrons. The minimum Gasteiger partial charge on any atom is -0.497 e. The summed E-state index contributed by atoms with van der Waals surface area (Å²) in [5, 5.41) is 2.86. The minimum atomic E-state index is -3.65. The molecule has 1 heterocycles. The lowest BCUT2D eigenvalue weighted by Crippen LogP contribution is -2.30. The largest absolute Gasteiger partial charge is 0.497 e. The molecule has 7 nitrogen and oxygen atoms in total. The zero-order valence-corrected chi connectivity index (χ0v) is 18.3. The van der Waals surface area contributed by atoms with E-state index in [2.05, 4.69) is 10.3 Å². The number of amides is 1. The first kappa shape index (κ1) is 22.5. The number of ether oxygens (including phenoxy) is 1. The maximum Gasteiger partial charge on any atom is 0.251 e. The number of sulfonamides is 1. The summed E-state index contributed by atoms with van der Waals surface area (Å²) in [6, 6.07) is 16.9. The Morgan fingerprint density at radius 1 is 0.968 bits per heavy atom. The summed E-state index contributed by atoms with van der Waals surface area (Å²) in [7, 11) is -2.11. The summed E-state index contributed by atoms with van der Waals surface area (Å²) >= 11 is 0. The van der Waals surface area contributed by atoms with Crippen molar-refractivity contribution in [3.8, 4) is 5.75 Å². The molecule has 0 aliphatic rings. The van der Waals surface area contributed by atoms with Crippen LogP contribution >= 0.6 is 0 Å². The summed E-state index contributed by atoms with van der Waals surface area (Å²) in [6.07, 6.45) is 3.35. The van der Waals surface area contributed by atoms with Gasteiger partial charge in [-0.05, 0) is 59.7 Å².